The number of nitrogens with zero attached hydrogens (tertiary/aromatic N) is 1. The van der Waals surface area contributed by atoms with Crippen LogP contribution < -0.4 is 20.9 Å². The van der Waals surface area contributed by atoms with E-state index < -0.39 is 0 Å². The molecule has 164 valence electrons. The van der Waals surface area contributed by atoms with Crippen molar-refractivity contribution in [1.29, 1.82) is 0 Å². The van der Waals surface area contributed by atoms with Gasteiger partial charge in [0.1, 0.15) is 0 Å². The number of hydrogen-bond acceptors (Lipinski definition) is 4. The highest BCUT2D eigenvalue weighted by atomic mass is 16.2. The fraction of sp³-hybridized carbons (Fsp3) is 0.160. The Balaban J connectivity index is 1.54. The van der Waals surface area contributed by atoms with Crippen molar-refractivity contribution in [3.63, 3.8) is 0 Å². The average molecular weight is 431 g/mol. The summed E-state index contributed by atoms with van der Waals surface area (Å²) >= 11 is 0. The van der Waals surface area contributed by atoms with Crippen LogP contribution in [0, 0.1) is 0 Å². The number of rotatable bonds is 8. The van der Waals surface area contributed by atoms with Gasteiger partial charge >= 0.3 is 0 Å². The van der Waals surface area contributed by atoms with E-state index in [-0.39, 0.29) is 24.3 Å². The first-order chi connectivity index (χ1) is 15.5. The second-order valence-electron chi connectivity index (χ2n) is 7.12. The van der Waals surface area contributed by atoms with Crippen molar-refractivity contribution in [3.05, 3.63) is 84.4 Å². The van der Waals surface area contributed by atoms with Gasteiger partial charge in [0.2, 0.25) is 11.8 Å². The summed E-state index contributed by atoms with van der Waals surface area (Å²) in [5, 5.41) is 8.53. The normalized spacial score (nSPS) is 10.2. The van der Waals surface area contributed by atoms with Gasteiger partial charge in [0.15, 0.2) is 0 Å². The Kier molecular flexibility index (Phi) is 7.59. The van der Waals surface area contributed by atoms with Crippen LogP contribution in [-0.2, 0) is 9.59 Å². The topological polar surface area (TPSA) is 90.5 Å². The molecule has 3 amide bonds. The van der Waals surface area contributed by atoms with Crippen LogP contribution >= 0.6 is 0 Å². The molecule has 0 saturated heterocycles. The number of carbonyl (C=O) groups excluding carboxylic acids is 3. The molecular weight excluding hydrogens is 404 g/mol. The predicted octanol–water partition coefficient (Wildman–Crippen LogP) is 4.36. The van der Waals surface area contributed by atoms with Crippen LogP contribution in [0.4, 0.5) is 22.7 Å². The predicted molar refractivity (Wildman–Crippen MR) is 128 cm³/mol. The molecule has 32 heavy (non-hydrogen) atoms. The average Bonchev–Trinajstić information content (AvgIpc) is 2.80. The van der Waals surface area contributed by atoms with Crippen LogP contribution in [0.15, 0.2) is 78.9 Å². The maximum atomic E-state index is 12.9. The lowest BCUT2D eigenvalue weighted by atomic mass is 10.1. The Labute approximate surface area is 187 Å². The van der Waals surface area contributed by atoms with Gasteiger partial charge in [-0.05, 0) is 67.6 Å². The van der Waals surface area contributed by atoms with E-state index in [9.17, 15) is 14.4 Å². The largest absolute Gasteiger partial charge is 0.376 e. The fourth-order valence-electron chi connectivity index (χ4n) is 3.17. The van der Waals surface area contributed by atoms with E-state index in [0.717, 1.165) is 11.4 Å². The molecule has 0 fully saturated rings. The van der Waals surface area contributed by atoms with Gasteiger partial charge in [0.25, 0.3) is 5.91 Å². The van der Waals surface area contributed by atoms with Crippen LogP contribution in [-0.4, -0.2) is 30.8 Å². The Bertz CT molecular complexity index is 1060. The molecule has 0 unspecified atom stereocenters. The lowest BCUT2D eigenvalue weighted by Crippen LogP contribution is -2.30. The van der Waals surface area contributed by atoms with Crippen molar-refractivity contribution in [2.24, 2.45) is 0 Å². The SMILES string of the molecule is CCN(C(=O)c1ccc(NC(=O)CNc2ccc(NC(C)=O)cc2)cc1)c1ccccc1. The molecule has 3 rings (SSSR count). The second-order valence-corrected chi connectivity index (χ2v) is 7.12. The molecule has 3 aromatic carbocycles. The van der Waals surface area contributed by atoms with Crippen LogP contribution in [0.3, 0.4) is 0 Å². The number of nitrogens with one attached hydrogen (secondary N) is 3. The number of hydrogen-bond donors (Lipinski definition) is 3. The minimum Gasteiger partial charge on any atom is -0.376 e. The highest BCUT2D eigenvalue weighted by molar-refractivity contribution is 6.06. The van der Waals surface area contributed by atoms with Crippen LogP contribution in [0.1, 0.15) is 24.2 Å². The first-order valence-corrected chi connectivity index (χ1v) is 10.3. The number of para-hydroxylation sites is 1. The molecule has 0 bridgehead atoms. The smallest absolute Gasteiger partial charge is 0.258 e. The minimum atomic E-state index is -0.213. The molecule has 0 aliphatic carbocycles. The van der Waals surface area contributed by atoms with Gasteiger partial charge in [0.05, 0.1) is 6.54 Å². The molecule has 3 N–H and O–H groups in total. The summed E-state index contributed by atoms with van der Waals surface area (Å²) in [6.07, 6.45) is 0. The lowest BCUT2D eigenvalue weighted by molar-refractivity contribution is -0.115. The van der Waals surface area contributed by atoms with Crippen molar-refractivity contribution >= 4 is 40.5 Å². The summed E-state index contributed by atoms with van der Waals surface area (Å²) in [5.74, 6) is -0.448. The Morgan fingerprint density at radius 2 is 1.31 bits per heavy atom. The maximum Gasteiger partial charge on any atom is 0.258 e. The molecule has 3 aromatic rings. The summed E-state index contributed by atoms with van der Waals surface area (Å²) in [7, 11) is 0. The first-order valence-electron chi connectivity index (χ1n) is 10.3. The summed E-state index contributed by atoms with van der Waals surface area (Å²) in [5.41, 5.74) is 3.45. The van der Waals surface area contributed by atoms with Crippen molar-refractivity contribution in [2.45, 2.75) is 13.8 Å². The van der Waals surface area contributed by atoms with Gasteiger partial charge in [-0.2, -0.15) is 0 Å². The lowest BCUT2D eigenvalue weighted by Gasteiger charge is -2.21. The molecule has 0 saturated carbocycles. The Hall–Kier alpha value is -4.13. The molecule has 7 heteroatoms. The third-order valence-electron chi connectivity index (χ3n) is 4.70. The molecule has 0 heterocycles. The molecule has 0 aliphatic rings. The summed E-state index contributed by atoms with van der Waals surface area (Å²) in [6.45, 7) is 4.01. The van der Waals surface area contributed by atoms with E-state index in [2.05, 4.69) is 16.0 Å². The number of benzene rings is 3. The molecule has 0 aromatic heterocycles. The van der Waals surface area contributed by atoms with Gasteiger partial charge < -0.3 is 20.9 Å². The van der Waals surface area contributed by atoms with Gasteiger partial charge in [0, 0.05) is 41.8 Å². The molecule has 0 atom stereocenters. The summed E-state index contributed by atoms with van der Waals surface area (Å²) in [6, 6.07) is 23.4. The highest BCUT2D eigenvalue weighted by Crippen LogP contribution is 2.18. The van der Waals surface area contributed by atoms with E-state index >= 15 is 0 Å². The Morgan fingerprint density at radius 1 is 0.750 bits per heavy atom. The standard InChI is InChI=1S/C25H26N4O3/c1-3-29(23-7-5-4-6-8-23)25(32)19-9-11-22(12-10-19)28-24(31)17-26-20-13-15-21(16-14-20)27-18(2)30/h4-16,26H,3,17H2,1-2H3,(H,27,30)(H,28,31). The van der Waals surface area contributed by atoms with Crippen molar-refractivity contribution in [1.82, 2.24) is 0 Å². The zero-order valence-corrected chi connectivity index (χ0v) is 18.1. The first kappa shape index (κ1) is 22.6. The summed E-state index contributed by atoms with van der Waals surface area (Å²) < 4.78 is 0. The van der Waals surface area contributed by atoms with Gasteiger partial charge in [-0.1, -0.05) is 18.2 Å². The molecule has 0 aliphatic heterocycles. The van der Waals surface area contributed by atoms with E-state index in [1.807, 2.05) is 37.3 Å². The number of anilines is 4. The molecule has 0 spiro atoms. The zero-order chi connectivity index (χ0) is 22.9. The Morgan fingerprint density at radius 3 is 1.91 bits per heavy atom. The maximum absolute atomic E-state index is 12.9. The highest BCUT2D eigenvalue weighted by Gasteiger charge is 2.15. The minimum absolute atomic E-state index is 0.0811. The van der Waals surface area contributed by atoms with Crippen molar-refractivity contribution in [2.75, 3.05) is 33.9 Å². The van der Waals surface area contributed by atoms with E-state index in [1.165, 1.54) is 6.92 Å². The van der Waals surface area contributed by atoms with Crippen LogP contribution in [0.5, 0.6) is 0 Å². The third-order valence-corrected chi connectivity index (χ3v) is 4.70. The number of carbonyl (C=O) groups is 3. The molecule has 0 radical (unpaired) electrons. The molecular formula is C25H26N4O3. The third kappa shape index (κ3) is 6.18. The van der Waals surface area contributed by atoms with E-state index in [1.54, 1.807) is 53.4 Å². The molecule has 7 nitrogen and oxygen atoms in total. The van der Waals surface area contributed by atoms with Crippen LogP contribution in [0.25, 0.3) is 0 Å². The van der Waals surface area contributed by atoms with Crippen LogP contribution in [0.2, 0.25) is 0 Å². The second kappa shape index (κ2) is 10.8. The monoisotopic (exact) mass is 430 g/mol. The quantitative estimate of drug-likeness (QED) is 0.495. The van der Waals surface area contributed by atoms with Gasteiger partial charge in [-0.25, -0.2) is 0 Å². The fourth-order valence-corrected chi connectivity index (χ4v) is 3.17. The van der Waals surface area contributed by atoms with Gasteiger partial charge in [-0.15, -0.1) is 0 Å². The van der Waals surface area contributed by atoms with E-state index in [0.29, 0.717) is 23.5 Å². The van der Waals surface area contributed by atoms with Gasteiger partial charge in [-0.3, -0.25) is 14.4 Å². The van der Waals surface area contributed by atoms with E-state index in [4.69, 9.17) is 0 Å². The number of amides is 3. The summed E-state index contributed by atoms with van der Waals surface area (Å²) in [4.78, 5) is 37.9. The van der Waals surface area contributed by atoms with Crippen molar-refractivity contribution < 1.29 is 14.4 Å². The van der Waals surface area contributed by atoms with Crippen molar-refractivity contribution in [3.8, 4) is 0 Å². The zero-order valence-electron chi connectivity index (χ0n) is 18.1.